The van der Waals surface area contributed by atoms with Crippen LogP contribution in [0.1, 0.15) is 11.1 Å². The minimum Gasteiger partial charge on any atom is -0.508 e. The van der Waals surface area contributed by atoms with E-state index in [9.17, 15) is 5.11 Å². The van der Waals surface area contributed by atoms with Crippen molar-refractivity contribution in [2.24, 2.45) is 0 Å². The summed E-state index contributed by atoms with van der Waals surface area (Å²) in [5.41, 5.74) is 1.88. The normalized spacial score (nSPS) is 10.6. The number of ether oxygens (including phenoxy) is 2. The van der Waals surface area contributed by atoms with Crippen LogP contribution in [0.15, 0.2) is 42.5 Å². The summed E-state index contributed by atoms with van der Waals surface area (Å²) in [5.74, 6) is 1.63. The maximum Gasteiger partial charge on any atom is 0.129 e. The summed E-state index contributed by atoms with van der Waals surface area (Å²) in [5, 5.41) is 9.41. The van der Waals surface area contributed by atoms with Gasteiger partial charge >= 0.3 is 0 Å². The quantitative estimate of drug-likeness (QED) is 0.850. The topological polar surface area (TPSA) is 38.7 Å². The molecule has 0 atom stereocenters. The highest BCUT2D eigenvalue weighted by molar-refractivity contribution is 5.75. The molecular formula is C16H16O3. The fourth-order valence-corrected chi connectivity index (χ4v) is 1.82. The molecule has 0 fully saturated rings. The Labute approximate surface area is 112 Å². The molecule has 2 rings (SSSR count). The highest BCUT2D eigenvalue weighted by Crippen LogP contribution is 2.27. The molecule has 98 valence electrons. The molecular weight excluding hydrogens is 240 g/mol. The van der Waals surface area contributed by atoms with Gasteiger partial charge in [-0.15, -0.1) is 0 Å². The van der Waals surface area contributed by atoms with E-state index in [1.165, 1.54) is 0 Å². The van der Waals surface area contributed by atoms with Crippen LogP contribution in [0.25, 0.3) is 12.2 Å². The summed E-state index contributed by atoms with van der Waals surface area (Å²) < 4.78 is 10.5. The Morgan fingerprint density at radius 2 is 1.47 bits per heavy atom. The molecule has 19 heavy (non-hydrogen) atoms. The van der Waals surface area contributed by atoms with Gasteiger partial charge in [-0.25, -0.2) is 0 Å². The Hall–Kier alpha value is -2.42. The molecule has 3 heteroatoms. The Morgan fingerprint density at radius 3 is 2.16 bits per heavy atom. The van der Waals surface area contributed by atoms with Gasteiger partial charge in [0.05, 0.1) is 14.2 Å². The lowest BCUT2D eigenvalue weighted by Crippen LogP contribution is -1.87. The van der Waals surface area contributed by atoms with E-state index in [0.29, 0.717) is 5.75 Å². The Kier molecular flexibility index (Phi) is 4.08. The predicted molar refractivity (Wildman–Crippen MR) is 76.6 cm³/mol. The molecule has 0 aliphatic heterocycles. The first-order valence-corrected chi connectivity index (χ1v) is 5.92. The molecule has 0 spiro atoms. The second kappa shape index (κ2) is 5.96. The fraction of sp³-hybridized carbons (Fsp3) is 0.125. The third-order valence-corrected chi connectivity index (χ3v) is 2.80. The van der Waals surface area contributed by atoms with Crippen LogP contribution in [0.2, 0.25) is 0 Å². The zero-order valence-corrected chi connectivity index (χ0v) is 11.0. The van der Waals surface area contributed by atoms with Crippen LogP contribution in [0.5, 0.6) is 17.2 Å². The first kappa shape index (κ1) is 13.0. The largest absolute Gasteiger partial charge is 0.508 e. The molecule has 2 aromatic rings. The van der Waals surface area contributed by atoms with Crippen molar-refractivity contribution >= 4 is 12.2 Å². The minimum atomic E-state index is 0.186. The monoisotopic (exact) mass is 256 g/mol. The summed E-state index contributed by atoms with van der Waals surface area (Å²) in [7, 11) is 3.23. The number of hydrogen-bond donors (Lipinski definition) is 1. The molecule has 0 aliphatic rings. The molecule has 1 N–H and O–H groups in total. The smallest absolute Gasteiger partial charge is 0.129 e. The maximum atomic E-state index is 9.41. The van der Waals surface area contributed by atoms with Gasteiger partial charge in [-0.1, -0.05) is 30.4 Å². The summed E-state index contributed by atoms with van der Waals surface area (Å²) in [4.78, 5) is 0. The Balaban J connectivity index is 2.32. The van der Waals surface area contributed by atoms with E-state index in [1.807, 2.05) is 36.4 Å². The molecule has 3 nitrogen and oxygen atoms in total. The van der Waals surface area contributed by atoms with E-state index >= 15 is 0 Å². The fourth-order valence-electron chi connectivity index (χ4n) is 1.82. The van der Waals surface area contributed by atoms with E-state index in [4.69, 9.17) is 9.47 Å². The molecule has 0 heterocycles. The van der Waals surface area contributed by atoms with E-state index in [2.05, 4.69) is 0 Å². The van der Waals surface area contributed by atoms with Gasteiger partial charge in [0.2, 0.25) is 0 Å². The van der Waals surface area contributed by atoms with Crippen LogP contribution < -0.4 is 9.47 Å². The van der Waals surface area contributed by atoms with Crippen LogP contribution in [-0.4, -0.2) is 19.3 Å². The number of phenols is 1. The summed E-state index contributed by atoms with van der Waals surface area (Å²) in [6, 6.07) is 12.8. The van der Waals surface area contributed by atoms with Crippen molar-refractivity contribution in [1.29, 1.82) is 0 Å². The number of phenolic OH excluding ortho intramolecular Hbond substituents is 1. The molecule has 0 aromatic heterocycles. The highest BCUT2D eigenvalue weighted by Gasteiger charge is 2.02. The van der Waals surface area contributed by atoms with Gasteiger partial charge in [-0.05, 0) is 18.2 Å². The zero-order valence-electron chi connectivity index (χ0n) is 11.0. The van der Waals surface area contributed by atoms with Crippen molar-refractivity contribution in [3.05, 3.63) is 53.6 Å². The van der Waals surface area contributed by atoms with E-state index in [1.54, 1.807) is 32.4 Å². The SMILES string of the molecule is COc1ccccc1/C=C/c1ccc(O)cc1OC. The molecule has 0 amide bonds. The van der Waals surface area contributed by atoms with Gasteiger partial charge in [0, 0.05) is 17.2 Å². The number of methoxy groups -OCH3 is 2. The van der Waals surface area contributed by atoms with Crippen LogP contribution >= 0.6 is 0 Å². The molecule has 0 aliphatic carbocycles. The molecule has 0 saturated carbocycles. The predicted octanol–water partition coefficient (Wildman–Crippen LogP) is 3.58. The van der Waals surface area contributed by atoms with Crippen molar-refractivity contribution in [2.75, 3.05) is 14.2 Å². The van der Waals surface area contributed by atoms with Gasteiger partial charge in [0.15, 0.2) is 0 Å². The zero-order chi connectivity index (χ0) is 13.7. The summed E-state index contributed by atoms with van der Waals surface area (Å²) in [6.45, 7) is 0. The maximum absolute atomic E-state index is 9.41. The van der Waals surface area contributed by atoms with Crippen molar-refractivity contribution in [3.63, 3.8) is 0 Å². The second-order valence-electron chi connectivity index (χ2n) is 4.00. The van der Waals surface area contributed by atoms with Gasteiger partial charge in [0.1, 0.15) is 17.2 Å². The first-order valence-electron chi connectivity index (χ1n) is 5.92. The van der Waals surface area contributed by atoms with Crippen LogP contribution in [0, 0.1) is 0 Å². The average Bonchev–Trinajstić information content (AvgIpc) is 2.46. The lowest BCUT2D eigenvalue weighted by molar-refractivity contribution is 0.406. The van der Waals surface area contributed by atoms with Crippen molar-refractivity contribution in [3.8, 4) is 17.2 Å². The molecule has 2 aromatic carbocycles. The second-order valence-corrected chi connectivity index (χ2v) is 4.00. The Bertz CT molecular complexity index is 588. The number of hydrogen-bond acceptors (Lipinski definition) is 3. The minimum absolute atomic E-state index is 0.186. The van der Waals surface area contributed by atoms with Crippen molar-refractivity contribution in [2.45, 2.75) is 0 Å². The number of benzene rings is 2. The van der Waals surface area contributed by atoms with Gasteiger partial charge in [-0.3, -0.25) is 0 Å². The van der Waals surface area contributed by atoms with E-state index < -0.39 is 0 Å². The van der Waals surface area contributed by atoms with E-state index in [0.717, 1.165) is 16.9 Å². The summed E-state index contributed by atoms with van der Waals surface area (Å²) >= 11 is 0. The third-order valence-electron chi connectivity index (χ3n) is 2.80. The lowest BCUT2D eigenvalue weighted by Gasteiger charge is -2.06. The van der Waals surface area contributed by atoms with Gasteiger partial charge < -0.3 is 14.6 Å². The molecule has 0 unspecified atom stereocenters. The molecule has 0 bridgehead atoms. The number of aromatic hydroxyl groups is 1. The summed E-state index contributed by atoms with van der Waals surface area (Å²) in [6.07, 6.45) is 3.88. The van der Waals surface area contributed by atoms with Crippen LogP contribution in [0.4, 0.5) is 0 Å². The Morgan fingerprint density at radius 1 is 0.842 bits per heavy atom. The van der Waals surface area contributed by atoms with Gasteiger partial charge in [0.25, 0.3) is 0 Å². The first-order chi connectivity index (χ1) is 9.24. The number of para-hydroxylation sites is 1. The lowest BCUT2D eigenvalue weighted by atomic mass is 10.1. The highest BCUT2D eigenvalue weighted by atomic mass is 16.5. The van der Waals surface area contributed by atoms with E-state index in [-0.39, 0.29) is 5.75 Å². The van der Waals surface area contributed by atoms with Gasteiger partial charge in [-0.2, -0.15) is 0 Å². The number of rotatable bonds is 4. The van der Waals surface area contributed by atoms with Crippen LogP contribution in [0.3, 0.4) is 0 Å². The third kappa shape index (κ3) is 3.07. The van der Waals surface area contributed by atoms with Crippen LogP contribution in [-0.2, 0) is 0 Å². The van der Waals surface area contributed by atoms with Crippen molar-refractivity contribution < 1.29 is 14.6 Å². The average molecular weight is 256 g/mol. The van der Waals surface area contributed by atoms with Crippen molar-refractivity contribution in [1.82, 2.24) is 0 Å². The standard InChI is InChI=1S/C16H16O3/c1-18-15-6-4-3-5-12(15)7-8-13-9-10-14(17)11-16(13)19-2/h3-11,17H,1-2H3/b8-7+. The molecule has 0 saturated heterocycles. The molecule has 0 radical (unpaired) electrons.